The zero-order valence-corrected chi connectivity index (χ0v) is 12.2. The van der Waals surface area contributed by atoms with E-state index in [0.717, 1.165) is 35.9 Å². The molecule has 0 aliphatic carbocycles. The van der Waals surface area contributed by atoms with Gasteiger partial charge < -0.3 is 9.47 Å². The zero-order chi connectivity index (χ0) is 13.2. The second kappa shape index (κ2) is 8.97. The minimum absolute atomic E-state index is 0.125. The van der Waals surface area contributed by atoms with E-state index in [1.165, 1.54) is 0 Å². The molecule has 0 unspecified atom stereocenters. The van der Waals surface area contributed by atoms with E-state index < -0.39 is 0 Å². The van der Waals surface area contributed by atoms with Crippen LogP contribution in [0.3, 0.4) is 0 Å². The van der Waals surface area contributed by atoms with Gasteiger partial charge in [0.15, 0.2) is 0 Å². The van der Waals surface area contributed by atoms with Gasteiger partial charge in [-0.3, -0.25) is 4.79 Å². The van der Waals surface area contributed by atoms with Gasteiger partial charge in [-0.2, -0.15) is 0 Å². The molecule has 100 valence electrons. The molecule has 1 rings (SSSR count). The standard InChI is InChI=1S/C14H19BrO3/c1-17-13-8-6-12(7-9-13)11-18-14(16)5-3-2-4-10-15/h6-9H,2-5,10-11H2,1H3. The maximum absolute atomic E-state index is 11.4. The summed E-state index contributed by atoms with van der Waals surface area (Å²) in [6.07, 6.45) is 3.56. The first-order valence-corrected chi connectivity index (χ1v) is 7.23. The van der Waals surface area contributed by atoms with E-state index in [1.807, 2.05) is 24.3 Å². The molecule has 4 heteroatoms. The van der Waals surface area contributed by atoms with Crippen LogP contribution in [0.15, 0.2) is 24.3 Å². The Morgan fingerprint density at radius 3 is 2.50 bits per heavy atom. The van der Waals surface area contributed by atoms with Crippen molar-refractivity contribution < 1.29 is 14.3 Å². The molecule has 0 amide bonds. The minimum atomic E-state index is -0.125. The van der Waals surface area contributed by atoms with Gasteiger partial charge in [-0.1, -0.05) is 34.5 Å². The molecule has 0 aromatic heterocycles. The van der Waals surface area contributed by atoms with Crippen LogP contribution in [0.2, 0.25) is 0 Å². The number of benzene rings is 1. The lowest BCUT2D eigenvalue weighted by molar-refractivity contribution is -0.145. The highest BCUT2D eigenvalue weighted by atomic mass is 79.9. The second-order valence-corrected chi connectivity index (χ2v) is 4.80. The lowest BCUT2D eigenvalue weighted by Gasteiger charge is -2.05. The predicted molar refractivity (Wildman–Crippen MR) is 75.1 cm³/mol. The number of alkyl halides is 1. The van der Waals surface area contributed by atoms with Crippen LogP contribution in [-0.2, 0) is 16.1 Å². The molecule has 18 heavy (non-hydrogen) atoms. The number of methoxy groups -OCH3 is 1. The van der Waals surface area contributed by atoms with Gasteiger partial charge in [0.05, 0.1) is 7.11 Å². The normalized spacial score (nSPS) is 10.1. The molecule has 0 spiro atoms. The maximum Gasteiger partial charge on any atom is 0.306 e. The van der Waals surface area contributed by atoms with Crippen molar-refractivity contribution in [3.8, 4) is 5.75 Å². The summed E-state index contributed by atoms with van der Waals surface area (Å²) >= 11 is 3.36. The number of halogens is 1. The Balaban J connectivity index is 2.20. The van der Waals surface area contributed by atoms with E-state index in [2.05, 4.69) is 15.9 Å². The van der Waals surface area contributed by atoms with Gasteiger partial charge >= 0.3 is 5.97 Å². The number of rotatable bonds is 8. The van der Waals surface area contributed by atoms with E-state index >= 15 is 0 Å². The van der Waals surface area contributed by atoms with Crippen LogP contribution in [0.4, 0.5) is 0 Å². The molecule has 0 atom stereocenters. The molecule has 1 aromatic carbocycles. The summed E-state index contributed by atoms with van der Waals surface area (Å²) in [4.78, 5) is 11.4. The van der Waals surface area contributed by atoms with E-state index in [0.29, 0.717) is 13.0 Å². The van der Waals surface area contributed by atoms with Gasteiger partial charge in [0.2, 0.25) is 0 Å². The molecule has 0 heterocycles. The number of carbonyl (C=O) groups excluding carboxylic acids is 1. The molecule has 1 aromatic rings. The van der Waals surface area contributed by atoms with Crippen LogP contribution in [0.1, 0.15) is 31.2 Å². The maximum atomic E-state index is 11.4. The minimum Gasteiger partial charge on any atom is -0.497 e. The molecule has 0 saturated carbocycles. The summed E-state index contributed by atoms with van der Waals surface area (Å²) in [6, 6.07) is 7.52. The van der Waals surface area contributed by atoms with Gasteiger partial charge in [-0.25, -0.2) is 0 Å². The topological polar surface area (TPSA) is 35.5 Å². The predicted octanol–water partition coefficient (Wildman–Crippen LogP) is 3.69. The Kier molecular flexibility index (Phi) is 7.49. The summed E-state index contributed by atoms with van der Waals surface area (Å²) in [5.41, 5.74) is 0.976. The quantitative estimate of drug-likeness (QED) is 0.417. The fraction of sp³-hybridized carbons (Fsp3) is 0.500. The monoisotopic (exact) mass is 314 g/mol. The lowest BCUT2D eigenvalue weighted by atomic mass is 10.2. The molecule has 0 saturated heterocycles. The van der Waals surface area contributed by atoms with E-state index in [1.54, 1.807) is 7.11 Å². The molecule has 0 bridgehead atoms. The van der Waals surface area contributed by atoms with Gasteiger partial charge in [-0.05, 0) is 30.5 Å². The Labute approximate surface area is 117 Å². The van der Waals surface area contributed by atoms with Gasteiger partial charge in [0.1, 0.15) is 12.4 Å². The summed E-state index contributed by atoms with van der Waals surface area (Å²) in [5.74, 6) is 0.681. The first-order chi connectivity index (χ1) is 8.76. The van der Waals surface area contributed by atoms with Crippen molar-refractivity contribution in [2.75, 3.05) is 12.4 Å². The second-order valence-electron chi connectivity index (χ2n) is 4.01. The van der Waals surface area contributed by atoms with Crippen LogP contribution < -0.4 is 4.74 Å². The number of carbonyl (C=O) groups is 1. The number of hydrogen-bond acceptors (Lipinski definition) is 3. The lowest BCUT2D eigenvalue weighted by Crippen LogP contribution is -2.04. The third-order valence-electron chi connectivity index (χ3n) is 2.57. The Hall–Kier alpha value is -1.03. The molecule has 0 aliphatic heterocycles. The third-order valence-corrected chi connectivity index (χ3v) is 3.13. The Morgan fingerprint density at radius 2 is 1.89 bits per heavy atom. The first kappa shape index (κ1) is 15.0. The molecule has 0 aliphatic rings. The average Bonchev–Trinajstić information content (AvgIpc) is 2.42. The smallest absolute Gasteiger partial charge is 0.306 e. The van der Waals surface area contributed by atoms with Crippen molar-refractivity contribution >= 4 is 21.9 Å². The fourth-order valence-corrected chi connectivity index (χ4v) is 1.89. The highest BCUT2D eigenvalue weighted by molar-refractivity contribution is 9.09. The molecule has 3 nitrogen and oxygen atoms in total. The van der Waals surface area contributed by atoms with Crippen molar-refractivity contribution in [3.05, 3.63) is 29.8 Å². The van der Waals surface area contributed by atoms with Gasteiger partial charge in [-0.15, -0.1) is 0 Å². The van der Waals surface area contributed by atoms with Crippen LogP contribution in [-0.4, -0.2) is 18.4 Å². The van der Waals surface area contributed by atoms with E-state index in [9.17, 15) is 4.79 Å². The third kappa shape index (κ3) is 6.05. The molecule has 0 fully saturated rings. The zero-order valence-electron chi connectivity index (χ0n) is 10.7. The molecule has 0 N–H and O–H groups in total. The molecule has 0 radical (unpaired) electrons. The highest BCUT2D eigenvalue weighted by Crippen LogP contribution is 2.12. The van der Waals surface area contributed by atoms with Crippen LogP contribution in [0, 0.1) is 0 Å². The Bertz CT molecular complexity index is 349. The van der Waals surface area contributed by atoms with Crippen LogP contribution >= 0.6 is 15.9 Å². The summed E-state index contributed by atoms with van der Waals surface area (Å²) in [5, 5.41) is 0.994. The number of esters is 1. The van der Waals surface area contributed by atoms with E-state index in [-0.39, 0.29) is 5.97 Å². The Morgan fingerprint density at radius 1 is 1.17 bits per heavy atom. The SMILES string of the molecule is COc1ccc(COC(=O)CCCCCBr)cc1. The number of unbranched alkanes of at least 4 members (excludes halogenated alkanes) is 2. The van der Waals surface area contributed by atoms with Crippen molar-refractivity contribution in [1.29, 1.82) is 0 Å². The first-order valence-electron chi connectivity index (χ1n) is 6.11. The van der Waals surface area contributed by atoms with Crippen LogP contribution in [0.5, 0.6) is 5.75 Å². The largest absolute Gasteiger partial charge is 0.497 e. The van der Waals surface area contributed by atoms with Crippen molar-refractivity contribution in [1.82, 2.24) is 0 Å². The number of hydrogen-bond donors (Lipinski definition) is 0. The average molecular weight is 315 g/mol. The van der Waals surface area contributed by atoms with Crippen molar-refractivity contribution in [3.63, 3.8) is 0 Å². The van der Waals surface area contributed by atoms with Crippen LogP contribution in [0.25, 0.3) is 0 Å². The molecular formula is C14H19BrO3. The van der Waals surface area contributed by atoms with Crippen molar-refractivity contribution in [2.45, 2.75) is 32.3 Å². The summed E-state index contributed by atoms with van der Waals surface area (Å²) in [6.45, 7) is 0.335. The highest BCUT2D eigenvalue weighted by Gasteiger charge is 2.03. The summed E-state index contributed by atoms with van der Waals surface area (Å²) in [7, 11) is 1.63. The summed E-state index contributed by atoms with van der Waals surface area (Å²) < 4.78 is 10.2. The fourth-order valence-electron chi connectivity index (χ4n) is 1.50. The van der Waals surface area contributed by atoms with Crippen molar-refractivity contribution in [2.24, 2.45) is 0 Å². The molecular weight excluding hydrogens is 296 g/mol. The van der Waals surface area contributed by atoms with Gasteiger partial charge in [0.25, 0.3) is 0 Å². The number of ether oxygens (including phenoxy) is 2. The van der Waals surface area contributed by atoms with Gasteiger partial charge in [0, 0.05) is 11.8 Å². The van der Waals surface area contributed by atoms with E-state index in [4.69, 9.17) is 9.47 Å².